The summed E-state index contributed by atoms with van der Waals surface area (Å²) in [4.78, 5) is 22.8. The number of pyridine rings is 1. The van der Waals surface area contributed by atoms with Crippen molar-refractivity contribution in [1.82, 2.24) is 14.5 Å². The fourth-order valence-corrected chi connectivity index (χ4v) is 4.75. The van der Waals surface area contributed by atoms with Crippen LogP contribution in [0.25, 0.3) is 21.8 Å². The molecule has 2 aliphatic carbocycles. The first-order chi connectivity index (χ1) is 14.1. The van der Waals surface area contributed by atoms with Crippen molar-refractivity contribution in [3.63, 3.8) is 0 Å². The van der Waals surface area contributed by atoms with E-state index in [1.807, 2.05) is 16.8 Å². The Morgan fingerprint density at radius 3 is 2.62 bits per heavy atom. The van der Waals surface area contributed by atoms with Crippen molar-refractivity contribution >= 4 is 39.4 Å². The van der Waals surface area contributed by atoms with Gasteiger partial charge in [0.25, 0.3) is 5.56 Å². The van der Waals surface area contributed by atoms with E-state index in [0.29, 0.717) is 40.8 Å². The van der Waals surface area contributed by atoms with Crippen molar-refractivity contribution in [3.8, 4) is 0 Å². The number of halogens is 1. The van der Waals surface area contributed by atoms with Crippen LogP contribution in [0.4, 0.5) is 5.95 Å². The van der Waals surface area contributed by atoms with Crippen LogP contribution in [-0.4, -0.2) is 32.3 Å². The third-order valence-electron chi connectivity index (χ3n) is 6.52. The summed E-state index contributed by atoms with van der Waals surface area (Å²) in [5.74, 6) is 1.26. The van der Waals surface area contributed by atoms with Gasteiger partial charge in [-0.05, 0) is 62.0 Å². The Hall–Kier alpha value is -2.18. The highest BCUT2D eigenvalue weighted by molar-refractivity contribution is 6.31. The molecule has 2 saturated carbocycles. The first-order valence-electron chi connectivity index (χ1n) is 10.5. The molecule has 2 aromatic heterocycles. The van der Waals surface area contributed by atoms with Crippen LogP contribution in [-0.2, 0) is 0 Å². The Labute approximate surface area is 173 Å². The van der Waals surface area contributed by atoms with Crippen LogP contribution in [0.2, 0.25) is 5.02 Å². The average Bonchev–Trinajstić information content (AvgIpc) is 2.68. The molecule has 152 valence electrons. The molecule has 7 heteroatoms. The molecule has 0 bridgehead atoms. The molecule has 6 nitrogen and oxygen atoms in total. The van der Waals surface area contributed by atoms with Gasteiger partial charge in [-0.25, -0.2) is 4.98 Å². The van der Waals surface area contributed by atoms with E-state index in [0.717, 1.165) is 30.2 Å². The molecule has 2 N–H and O–H groups in total. The molecule has 2 heterocycles. The Bertz CT molecular complexity index is 1120. The molecule has 0 aliphatic heterocycles. The Morgan fingerprint density at radius 2 is 1.90 bits per heavy atom. The highest BCUT2D eigenvalue weighted by atomic mass is 35.5. The van der Waals surface area contributed by atoms with Crippen molar-refractivity contribution in [3.05, 3.63) is 39.8 Å². The minimum absolute atomic E-state index is 0.0196. The first kappa shape index (κ1) is 18.8. The molecule has 2 aliphatic rings. The summed E-state index contributed by atoms with van der Waals surface area (Å²) in [5.41, 5.74) is 0.595. The van der Waals surface area contributed by atoms with Gasteiger partial charge < -0.3 is 10.4 Å². The zero-order valence-electron chi connectivity index (χ0n) is 16.3. The Balaban J connectivity index is 1.66. The van der Waals surface area contributed by atoms with Gasteiger partial charge in [0, 0.05) is 34.6 Å². The van der Waals surface area contributed by atoms with Gasteiger partial charge in [0.1, 0.15) is 5.65 Å². The monoisotopic (exact) mass is 412 g/mol. The molecule has 0 spiro atoms. The van der Waals surface area contributed by atoms with E-state index in [9.17, 15) is 9.90 Å². The second-order valence-corrected chi connectivity index (χ2v) is 8.87. The van der Waals surface area contributed by atoms with E-state index in [1.54, 1.807) is 12.1 Å². The number of anilines is 1. The second kappa shape index (κ2) is 7.58. The summed E-state index contributed by atoms with van der Waals surface area (Å²) in [5, 5.41) is 16.1. The smallest absolute Gasteiger partial charge is 0.260 e. The summed E-state index contributed by atoms with van der Waals surface area (Å²) in [7, 11) is 0. The number of rotatable bonds is 4. The number of aliphatic hydroxyl groups excluding tert-OH is 1. The molecule has 0 unspecified atom stereocenters. The quantitative estimate of drug-likeness (QED) is 0.625. The maximum Gasteiger partial charge on any atom is 0.260 e. The third-order valence-corrected chi connectivity index (χ3v) is 6.76. The van der Waals surface area contributed by atoms with E-state index >= 15 is 0 Å². The molecule has 1 aromatic carbocycles. The van der Waals surface area contributed by atoms with E-state index in [2.05, 4.69) is 10.3 Å². The zero-order valence-corrected chi connectivity index (χ0v) is 17.0. The fraction of sp³-hybridized carbons (Fsp3) is 0.500. The van der Waals surface area contributed by atoms with E-state index in [4.69, 9.17) is 16.6 Å². The SMILES string of the molecule is O=c1c2cc(Cl)ccc2c2cnc(NCC3CCC3)nc2n1[C@H]1CC[C@H](O)CC1. The van der Waals surface area contributed by atoms with E-state index in [-0.39, 0.29) is 17.7 Å². The van der Waals surface area contributed by atoms with Crippen molar-refractivity contribution in [2.75, 3.05) is 11.9 Å². The topological polar surface area (TPSA) is 80.0 Å². The van der Waals surface area contributed by atoms with Gasteiger partial charge in [0.05, 0.1) is 6.10 Å². The van der Waals surface area contributed by atoms with Crippen LogP contribution < -0.4 is 10.9 Å². The summed E-state index contributed by atoms with van der Waals surface area (Å²) < 4.78 is 1.82. The molecule has 0 atom stereocenters. The molecular formula is C22H25ClN4O2. The minimum Gasteiger partial charge on any atom is -0.393 e. The van der Waals surface area contributed by atoms with Crippen molar-refractivity contribution < 1.29 is 5.11 Å². The number of hydrogen-bond donors (Lipinski definition) is 2. The summed E-state index contributed by atoms with van der Waals surface area (Å²) in [6.45, 7) is 0.870. The molecule has 3 aromatic rings. The molecule has 0 saturated heterocycles. The molecule has 0 radical (unpaired) electrons. The fourth-order valence-electron chi connectivity index (χ4n) is 4.57. The average molecular weight is 413 g/mol. The standard InChI is InChI=1S/C22H25ClN4O2/c23-14-4-9-17-18(10-14)21(29)27(15-5-7-16(28)8-6-15)20-19(17)12-25-22(26-20)24-11-13-2-1-3-13/h4,9-10,12-13,15-16,28H,1-3,5-8,11H2,(H,24,25,26)/t15-,16-. The predicted octanol–water partition coefficient (Wildman–Crippen LogP) is 4.29. The van der Waals surface area contributed by atoms with Gasteiger partial charge in [-0.15, -0.1) is 0 Å². The van der Waals surface area contributed by atoms with Crippen LogP contribution in [0.15, 0.2) is 29.2 Å². The van der Waals surface area contributed by atoms with E-state index < -0.39 is 0 Å². The van der Waals surface area contributed by atoms with Crippen LogP contribution in [0.3, 0.4) is 0 Å². The maximum atomic E-state index is 13.5. The maximum absolute atomic E-state index is 13.5. The Kier molecular flexibility index (Phi) is 4.92. The van der Waals surface area contributed by atoms with Crippen molar-refractivity contribution in [2.45, 2.75) is 57.1 Å². The lowest BCUT2D eigenvalue weighted by molar-refractivity contribution is 0.111. The molecule has 5 rings (SSSR count). The molecular weight excluding hydrogens is 388 g/mol. The zero-order chi connectivity index (χ0) is 20.0. The van der Waals surface area contributed by atoms with Crippen molar-refractivity contribution in [2.24, 2.45) is 5.92 Å². The molecule has 2 fully saturated rings. The summed E-state index contributed by atoms with van der Waals surface area (Å²) in [6, 6.07) is 5.43. The van der Waals surface area contributed by atoms with Gasteiger partial charge in [0.15, 0.2) is 0 Å². The normalized spacial score (nSPS) is 22.7. The van der Waals surface area contributed by atoms with E-state index in [1.165, 1.54) is 19.3 Å². The van der Waals surface area contributed by atoms with Crippen LogP contribution in [0, 0.1) is 5.92 Å². The molecule has 0 amide bonds. The molecule has 29 heavy (non-hydrogen) atoms. The largest absolute Gasteiger partial charge is 0.393 e. The lowest BCUT2D eigenvalue weighted by Crippen LogP contribution is -2.30. The van der Waals surface area contributed by atoms with Gasteiger partial charge in [-0.1, -0.05) is 24.1 Å². The highest BCUT2D eigenvalue weighted by Crippen LogP contribution is 2.32. The number of benzene rings is 1. The third kappa shape index (κ3) is 3.49. The number of nitrogens with zero attached hydrogens (tertiary/aromatic N) is 3. The summed E-state index contributed by atoms with van der Waals surface area (Å²) >= 11 is 6.19. The lowest BCUT2D eigenvalue weighted by Gasteiger charge is -2.28. The van der Waals surface area contributed by atoms with Crippen LogP contribution >= 0.6 is 11.6 Å². The van der Waals surface area contributed by atoms with Crippen LogP contribution in [0.1, 0.15) is 51.0 Å². The Morgan fingerprint density at radius 1 is 1.10 bits per heavy atom. The number of aromatic nitrogens is 3. The van der Waals surface area contributed by atoms with Crippen LogP contribution in [0.5, 0.6) is 0 Å². The van der Waals surface area contributed by atoms with Gasteiger partial charge in [0.2, 0.25) is 5.95 Å². The second-order valence-electron chi connectivity index (χ2n) is 8.44. The predicted molar refractivity (Wildman–Crippen MR) is 116 cm³/mol. The lowest BCUT2D eigenvalue weighted by atomic mass is 9.85. The van der Waals surface area contributed by atoms with Gasteiger partial charge in [-0.2, -0.15) is 4.98 Å². The summed E-state index contributed by atoms with van der Waals surface area (Å²) in [6.07, 6.45) is 8.25. The number of fused-ring (bicyclic) bond motifs is 3. The number of nitrogens with one attached hydrogen (secondary N) is 1. The first-order valence-corrected chi connectivity index (χ1v) is 10.9. The number of hydrogen-bond acceptors (Lipinski definition) is 5. The highest BCUT2D eigenvalue weighted by Gasteiger charge is 2.25. The minimum atomic E-state index is -0.280. The number of aliphatic hydroxyl groups is 1. The van der Waals surface area contributed by atoms with Gasteiger partial charge in [-0.3, -0.25) is 9.36 Å². The van der Waals surface area contributed by atoms with Gasteiger partial charge >= 0.3 is 0 Å². The van der Waals surface area contributed by atoms with Crippen molar-refractivity contribution in [1.29, 1.82) is 0 Å².